The lowest BCUT2D eigenvalue weighted by Crippen LogP contribution is -2.37. The minimum absolute atomic E-state index is 0.0354. The molecule has 3 heteroatoms. The maximum Gasteiger partial charge on any atom is 0.334 e. The van der Waals surface area contributed by atoms with Gasteiger partial charge < -0.3 is 9.47 Å². The van der Waals surface area contributed by atoms with Crippen molar-refractivity contribution >= 4 is 5.97 Å². The number of rotatable bonds is 0. The van der Waals surface area contributed by atoms with Crippen molar-refractivity contribution in [1.29, 1.82) is 0 Å². The van der Waals surface area contributed by atoms with E-state index < -0.39 is 0 Å². The number of carbonyl (C=O) groups is 1. The first-order valence-electron chi connectivity index (χ1n) is 6.77. The minimum Gasteiger partial charge on any atom is -0.458 e. The van der Waals surface area contributed by atoms with Gasteiger partial charge in [0.15, 0.2) is 0 Å². The lowest BCUT2D eigenvalue weighted by Gasteiger charge is -2.30. The van der Waals surface area contributed by atoms with Crippen LogP contribution in [0.1, 0.15) is 26.2 Å². The first kappa shape index (κ1) is 10.8. The number of allylic oxidation sites excluding steroid dienone is 1. The van der Waals surface area contributed by atoms with Gasteiger partial charge in [-0.25, -0.2) is 4.79 Å². The van der Waals surface area contributed by atoms with E-state index in [9.17, 15) is 4.79 Å². The van der Waals surface area contributed by atoms with Crippen LogP contribution in [-0.4, -0.2) is 23.8 Å². The molecule has 0 aromatic carbocycles. The van der Waals surface area contributed by atoms with Crippen molar-refractivity contribution in [2.45, 2.75) is 44.0 Å². The van der Waals surface area contributed by atoms with Crippen LogP contribution in [0, 0.1) is 17.8 Å². The van der Waals surface area contributed by atoms with E-state index in [1.54, 1.807) is 0 Å². The molecular formula is C15H18O3. The summed E-state index contributed by atoms with van der Waals surface area (Å²) in [7, 11) is 0. The molecular weight excluding hydrogens is 228 g/mol. The predicted octanol–water partition coefficient (Wildman–Crippen LogP) is 2.23. The molecule has 2 aliphatic carbocycles. The number of epoxide rings is 1. The molecule has 6 atom stereocenters. The van der Waals surface area contributed by atoms with Gasteiger partial charge in [0.05, 0.1) is 11.7 Å². The monoisotopic (exact) mass is 246 g/mol. The molecule has 0 N–H and O–H groups in total. The fraction of sp³-hybridized carbons (Fsp3) is 0.667. The average Bonchev–Trinajstić information content (AvgIpc) is 2.82. The van der Waals surface area contributed by atoms with E-state index in [2.05, 4.69) is 20.1 Å². The molecule has 0 aromatic heterocycles. The fourth-order valence-electron chi connectivity index (χ4n) is 4.42. The van der Waals surface area contributed by atoms with E-state index >= 15 is 0 Å². The van der Waals surface area contributed by atoms with E-state index in [0.29, 0.717) is 17.6 Å². The Hall–Kier alpha value is -1.09. The second kappa shape index (κ2) is 3.08. The molecule has 0 radical (unpaired) electrons. The van der Waals surface area contributed by atoms with E-state index in [1.807, 2.05) is 0 Å². The van der Waals surface area contributed by atoms with Crippen molar-refractivity contribution in [2.24, 2.45) is 17.8 Å². The highest BCUT2D eigenvalue weighted by atomic mass is 16.6. The summed E-state index contributed by atoms with van der Waals surface area (Å²) >= 11 is 0. The summed E-state index contributed by atoms with van der Waals surface area (Å²) in [6.07, 6.45) is 3.29. The van der Waals surface area contributed by atoms with Crippen LogP contribution in [0.3, 0.4) is 0 Å². The maximum atomic E-state index is 11.8. The van der Waals surface area contributed by atoms with Gasteiger partial charge in [0, 0.05) is 17.4 Å². The highest BCUT2D eigenvalue weighted by Gasteiger charge is 2.70. The molecule has 2 saturated heterocycles. The molecule has 96 valence electrons. The van der Waals surface area contributed by atoms with Crippen LogP contribution in [0.25, 0.3) is 0 Å². The van der Waals surface area contributed by atoms with Gasteiger partial charge in [0.1, 0.15) is 6.10 Å². The van der Waals surface area contributed by atoms with E-state index in [-0.39, 0.29) is 29.5 Å². The molecule has 0 amide bonds. The molecule has 0 bridgehead atoms. The smallest absolute Gasteiger partial charge is 0.334 e. The number of carbonyl (C=O) groups excluding carboxylic acids is 1. The summed E-state index contributed by atoms with van der Waals surface area (Å²) in [5.41, 5.74) is 1.88. The van der Waals surface area contributed by atoms with E-state index in [4.69, 9.17) is 9.47 Å². The predicted molar refractivity (Wildman–Crippen MR) is 65.8 cm³/mol. The number of fused-ring (bicyclic) bond motifs is 5. The van der Waals surface area contributed by atoms with Gasteiger partial charge in [-0.3, -0.25) is 0 Å². The molecule has 4 fully saturated rings. The second-order valence-electron chi connectivity index (χ2n) is 6.36. The molecule has 4 aliphatic rings. The van der Waals surface area contributed by atoms with Gasteiger partial charge in [-0.2, -0.15) is 0 Å². The zero-order valence-corrected chi connectivity index (χ0v) is 10.6. The third-order valence-corrected chi connectivity index (χ3v) is 5.55. The Morgan fingerprint density at radius 1 is 1.33 bits per heavy atom. The average molecular weight is 246 g/mol. The number of ether oxygens (including phenoxy) is 2. The molecule has 2 aliphatic heterocycles. The van der Waals surface area contributed by atoms with E-state index in [1.165, 1.54) is 5.57 Å². The van der Waals surface area contributed by atoms with Crippen molar-refractivity contribution in [2.75, 3.05) is 0 Å². The molecule has 0 spiro atoms. The van der Waals surface area contributed by atoms with Crippen LogP contribution in [0.2, 0.25) is 0 Å². The lowest BCUT2D eigenvalue weighted by molar-refractivity contribution is -0.143. The first-order valence-corrected chi connectivity index (χ1v) is 6.77. The van der Waals surface area contributed by atoms with Crippen LogP contribution < -0.4 is 0 Å². The zero-order chi connectivity index (χ0) is 12.7. The molecule has 18 heavy (non-hydrogen) atoms. The summed E-state index contributed by atoms with van der Waals surface area (Å²) < 4.78 is 11.5. The van der Waals surface area contributed by atoms with Crippen molar-refractivity contribution < 1.29 is 14.3 Å². The van der Waals surface area contributed by atoms with Crippen LogP contribution in [0.5, 0.6) is 0 Å². The molecule has 0 unspecified atom stereocenters. The van der Waals surface area contributed by atoms with Crippen molar-refractivity contribution in [3.63, 3.8) is 0 Å². The van der Waals surface area contributed by atoms with Gasteiger partial charge in [-0.15, -0.1) is 0 Å². The van der Waals surface area contributed by atoms with Gasteiger partial charge in [0.2, 0.25) is 0 Å². The van der Waals surface area contributed by atoms with Crippen LogP contribution in [0.15, 0.2) is 24.3 Å². The van der Waals surface area contributed by atoms with Crippen molar-refractivity contribution in [1.82, 2.24) is 0 Å². The molecule has 2 saturated carbocycles. The summed E-state index contributed by atoms with van der Waals surface area (Å²) in [6, 6.07) is 0. The van der Waals surface area contributed by atoms with Crippen LogP contribution in [-0.2, 0) is 14.3 Å². The summed E-state index contributed by atoms with van der Waals surface area (Å²) in [5.74, 6) is 0.709. The second-order valence-corrected chi connectivity index (χ2v) is 6.36. The third-order valence-electron chi connectivity index (χ3n) is 5.55. The quantitative estimate of drug-likeness (QED) is 0.285. The molecule has 4 rings (SSSR count). The molecule has 2 heterocycles. The Balaban J connectivity index is 1.77. The van der Waals surface area contributed by atoms with Crippen molar-refractivity contribution in [3.05, 3.63) is 24.3 Å². The summed E-state index contributed by atoms with van der Waals surface area (Å²) in [6.45, 7) is 10.3. The zero-order valence-electron chi connectivity index (χ0n) is 10.6. The van der Waals surface area contributed by atoms with Crippen LogP contribution >= 0.6 is 0 Å². The Kier molecular flexibility index (Phi) is 1.85. The number of hydrogen-bond donors (Lipinski definition) is 0. The molecule has 3 nitrogen and oxygen atoms in total. The van der Waals surface area contributed by atoms with Crippen LogP contribution in [0.4, 0.5) is 0 Å². The normalized spacial score (nSPS) is 53.4. The Morgan fingerprint density at radius 3 is 2.89 bits per heavy atom. The standard InChI is InChI=1S/C15H18O3/c1-7-4-5-9-8(2)14(16)17-13(9)12-10(7)6-11-15(12,3)18-11/h9-13H,1-2,4-6H2,3H3/t9-,10-,11-,12-,13-,15-/m0/s1. The van der Waals surface area contributed by atoms with Gasteiger partial charge in [-0.05, 0) is 32.1 Å². The molecule has 0 aromatic rings. The first-order chi connectivity index (χ1) is 8.52. The Bertz CT molecular complexity index is 480. The fourth-order valence-corrected chi connectivity index (χ4v) is 4.42. The Morgan fingerprint density at radius 2 is 2.11 bits per heavy atom. The highest BCUT2D eigenvalue weighted by Crippen LogP contribution is 2.63. The third kappa shape index (κ3) is 1.11. The highest BCUT2D eigenvalue weighted by molar-refractivity contribution is 5.90. The van der Waals surface area contributed by atoms with Gasteiger partial charge in [-0.1, -0.05) is 18.7 Å². The van der Waals surface area contributed by atoms with Crippen molar-refractivity contribution in [3.8, 4) is 0 Å². The topological polar surface area (TPSA) is 38.8 Å². The maximum absolute atomic E-state index is 11.8. The number of hydrogen-bond acceptors (Lipinski definition) is 3. The largest absolute Gasteiger partial charge is 0.458 e. The minimum atomic E-state index is -0.205. The van der Waals surface area contributed by atoms with E-state index in [0.717, 1.165) is 19.3 Å². The summed E-state index contributed by atoms with van der Waals surface area (Å²) in [5, 5.41) is 0. The SMILES string of the molecule is C=C1C(=O)O[C@@H]2[C@@H]3[C@@H](C[C@@H]4O[C@]34C)C(=C)CC[C@@H]12. The Labute approximate surface area is 107 Å². The number of esters is 1. The lowest BCUT2D eigenvalue weighted by atomic mass is 9.78. The summed E-state index contributed by atoms with van der Waals surface area (Å²) in [4.78, 5) is 11.8. The van der Waals surface area contributed by atoms with Gasteiger partial charge >= 0.3 is 5.97 Å². The van der Waals surface area contributed by atoms with Gasteiger partial charge in [0.25, 0.3) is 0 Å².